The Hall–Kier alpha value is -2.49. The summed E-state index contributed by atoms with van der Waals surface area (Å²) in [6.45, 7) is 12.1. The molecule has 1 aromatic rings. The SMILES string of the molecule is C=CCCOC(=O)[C@H]1[C@@H]2OC3(CC2Br)C(C(=O)N(CC=C)c2cc(C)ccc2C)N(CCCCO)C(=O)[C@H]13. The molecule has 0 saturated carbocycles. The van der Waals surface area contributed by atoms with Gasteiger partial charge in [-0.15, -0.1) is 13.2 Å². The van der Waals surface area contributed by atoms with E-state index in [1.807, 2.05) is 32.0 Å². The molecule has 2 amide bonds. The number of aliphatic hydroxyl groups is 1. The summed E-state index contributed by atoms with van der Waals surface area (Å²) >= 11 is 3.68. The first kappa shape index (κ1) is 28.5. The maximum atomic E-state index is 14.5. The number of likely N-dealkylation sites (tertiary alicyclic amines) is 1. The Bertz CT molecular complexity index is 1110. The van der Waals surface area contributed by atoms with Gasteiger partial charge in [-0.2, -0.15) is 0 Å². The normalized spacial score (nSPS) is 29.3. The van der Waals surface area contributed by atoms with Gasteiger partial charge in [-0.25, -0.2) is 0 Å². The first-order valence-corrected chi connectivity index (χ1v) is 14.1. The number of rotatable bonds is 12. The predicted octanol–water partition coefficient (Wildman–Crippen LogP) is 3.46. The Balaban J connectivity index is 1.76. The Kier molecular flexibility index (Phi) is 8.79. The Morgan fingerprint density at radius 1 is 1.29 bits per heavy atom. The minimum absolute atomic E-state index is 0.0133. The summed E-state index contributed by atoms with van der Waals surface area (Å²) in [5, 5.41) is 9.37. The van der Waals surface area contributed by atoms with Crippen LogP contribution in [-0.4, -0.2) is 76.7 Å². The van der Waals surface area contributed by atoms with Crippen molar-refractivity contribution < 1.29 is 29.0 Å². The Morgan fingerprint density at radius 2 is 2.05 bits per heavy atom. The third-order valence-electron chi connectivity index (χ3n) is 7.90. The van der Waals surface area contributed by atoms with Gasteiger partial charge in [0.05, 0.1) is 24.5 Å². The molecule has 4 rings (SSSR count). The van der Waals surface area contributed by atoms with Crippen LogP contribution in [0.3, 0.4) is 0 Å². The van der Waals surface area contributed by atoms with E-state index in [9.17, 15) is 19.5 Å². The van der Waals surface area contributed by atoms with Crippen LogP contribution in [0.15, 0.2) is 43.5 Å². The van der Waals surface area contributed by atoms with E-state index in [0.29, 0.717) is 25.7 Å². The van der Waals surface area contributed by atoms with Crippen molar-refractivity contribution in [3.05, 3.63) is 54.6 Å². The molecule has 1 aromatic carbocycles. The molecule has 6 atom stereocenters. The molecule has 8 nitrogen and oxygen atoms in total. The number of unbranched alkanes of at least 4 members (excludes halogenated alkanes) is 1. The van der Waals surface area contributed by atoms with Crippen molar-refractivity contribution in [1.82, 2.24) is 4.90 Å². The lowest BCUT2D eigenvalue weighted by molar-refractivity contribution is -0.154. The summed E-state index contributed by atoms with van der Waals surface area (Å²) in [5.74, 6) is -2.64. The van der Waals surface area contributed by atoms with Crippen LogP contribution >= 0.6 is 15.9 Å². The zero-order chi connectivity index (χ0) is 27.6. The fourth-order valence-electron chi connectivity index (χ4n) is 6.25. The van der Waals surface area contributed by atoms with Gasteiger partial charge in [0.2, 0.25) is 5.91 Å². The molecular formula is C29H37BrN2O6. The van der Waals surface area contributed by atoms with E-state index in [1.54, 1.807) is 22.0 Å². The highest BCUT2D eigenvalue weighted by atomic mass is 79.9. The summed E-state index contributed by atoms with van der Waals surface area (Å²) < 4.78 is 12.1. The van der Waals surface area contributed by atoms with E-state index < -0.39 is 35.6 Å². The van der Waals surface area contributed by atoms with Crippen LogP contribution in [0.4, 0.5) is 5.69 Å². The number of alkyl halides is 1. The molecule has 9 heteroatoms. The fourth-order valence-corrected chi connectivity index (χ4v) is 7.19. The first-order valence-electron chi connectivity index (χ1n) is 13.2. The van der Waals surface area contributed by atoms with Crippen molar-refractivity contribution in [2.75, 3.05) is 31.2 Å². The molecule has 3 fully saturated rings. The van der Waals surface area contributed by atoms with E-state index >= 15 is 0 Å². The van der Waals surface area contributed by atoms with Crippen LogP contribution in [0, 0.1) is 25.7 Å². The Morgan fingerprint density at radius 3 is 2.74 bits per heavy atom. The second-order valence-corrected chi connectivity index (χ2v) is 11.6. The van der Waals surface area contributed by atoms with Gasteiger partial charge in [-0.3, -0.25) is 14.4 Å². The molecule has 0 radical (unpaired) electrons. The lowest BCUT2D eigenvalue weighted by Gasteiger charge is -2.37. The molecule has 1 N–H and O–H groups in total. The predicted molar refractivity (Wildman–Crippen MR) is 148 cm³/mol. The first-order chi connectivity index (χ1) is 18.2. The van der Waals surface area contributed by atoms with Gasteiger partial charge in [0.1, 0.15) is 11.6 Å². The topological polar surface area (TPSA) is 96.4 Å². The number of anilines is 1. The third-order valence-corrected chi connectivity index (χ3v) is 8.75. The van der Waals surface area contributed by atoms with Crippen LogP contribution in [0.5, 0.6) is 0 Å². The standard InChI is InChI=1S/C29H37BrN2O6/c1-5-7-15-37-28(36)22-23-26(34)32(13-8-9-14-33)25(29(23)17-20(30)24(22)38-29)27(35)31(12-6-2)21-16-18(3)10-11-19(21)4/h5-6,10-11,16,20,22-25,33H,1-2,7-9,12-15,17H2,3-4H3/t20?,22-,23+,24-,25?,29?/m1/s1. The number of hydrogen-bond acceptors (Lipinski definition) is 6. The summed E-state index contributed by atoms with van der Waals surface area (Å²) in [6.07, 6.45) is 4.71. The number of aliphatic hydroxyl groups excluding tert-OH is 1. The number of aryl methyl sites for hydroxylation is 2. The number of fused-ring (bicyclic) bond motifs is 1. The molecule has 3 aliphatic rings. The van der Waals surface area contributed by atoms with E-state index in [-0.39, 0.29) is 42.9 Å². The monoisotopic (exact) mass is 588 g/mol. The second-order valence-electron chi connectivity index (χ2n) is 10.4. The van der Waals surface area contributed by atoms with Gasteiger partial charge in [0.15, 0.2) is 0 Å². The lowest BCUT2D eigenvalue weighted by atomic mass is 9.70. The molecule has 38 heavy (non-hydrogen) atoms. The van der Waals surface area contributed by atoms with Crippen molar-refractivity contribution in [2.24, 2.45) is 11.8 Å². The van der Waals surface area contributed by atoms with E-state index in [4.69, 9.17) is 9.47 Å². The van der Waals surface area contributed by atoms with E-state index in [1.165, 1.54) is 0 Å². The van der Waals surface area contributed by atoms with Crippen LogP contribution in [0.2, 0.25) is 0 Å². The number of nitrogens with zero attached hydrogens (tertiary/aromatic N) is 2. The lowest BCUT2D eigenvalue weighted by Crippen LogP contribution is -2.57. The number of carbonyl (C=O) groups is 3. The van der Waals surface area contributed by atoms with Gasteiger partial charge in [-0.05, 0) is 56.7 Å². The molecule has 1 spiro atoms. The van der Waals surface area contributed by atoms with Gasteiger partial charge in [0, 0.05) is 30.2 Å². The highest BCUT2D eigenvalue weighted by molar-refractivity contribution is 9.09. The van der Waals surface area contributed by atoms with Crippen LogP contribution in [-0.2, 0) is 23.9 Å². The molecule has 0 aliphatic carbocycles. The number of esters is 1. The number of benzene rings is 1. The van der Waals surface area contributed by atoms with Crippen molar-refractivity contribution in [3.8, 4) is 0 Å². The summed E-state index contributed by atoms with van der Waals surface area (Å²) in [4.78, 5) is 44.8. The molecule has 3 saturated heterocycles. The third kappa shape index (κ3) is 4.84. The number of carbonyl (C=O) groups excluding carboxylic acids is 3. The Labute approximate surface area is 232 Å². The summed E-state index contributed by atoms with van der Waals surface area (Å²) in [5.41, 5.74) is 1.52. The van der Waals surface area contributed by atoms with E-state index in [2.05, 4.69) is 29.1 Å². The number of amides is 2. The average molecular weight is 590 g/mol. The molecule has 206 valence electrons. The molecule has 2 bridgehead atoms. The zero-order valence-electron chi connectivity index (χ0n) is 22.1. The molecule has 3 heterocycles. The fraction of sp³-hybridized carbons (Fsp3) is 0.552. The molecule has 3 unspecified atom stereocenters. The number of halogens is 1. The molecular weight excluding hydrogens is 552 g/mol. The van der Waals surface area contributed by atoms with Crippen LogP contribution in [0.1, 0.15) is 36.8 Å². The smallest absolute Gasteiger partial charge is 0.312 e. The molecule has 0 aromatic heterocycles. The zero-order valence-corrected chi connectivity index (χ0v) is 23.7. The van der Waals surface area contributed by atoms with Crippen molar-refractivity contribution in [1.29, 1.82) is 0 Å². The van der Waals surface area contributed by atoms with Gasteiger partial charge in [0.25, 0.3) is 5.91 Å². The van der Waals surface area contributed by atoms with Crippen molar-refractivity contribution in [3.63, 3.8) is 0 Å². The second kappa shape index (κ2) is 11.7. The van der Waals surface area contributed by atoms with E-state index in [0.717, 1.165) is 16.8 Å². The average Bonchev–Trinajstić information content (AvgIpc) is 3.47. The maximum Gasteiger partial charge on any atom is 0.312 e. The highest BCUT2D eigenvalue weighted by Crippen LogP contribution is 2.60. The number of hydrogen-bond donors (Lipinski definition) is 1. The summed E-state index contributed by atoms with van der Waals surface area (Å²) in [7, 11) is 0. The van der Waals surface area contributed by atoms with Crippen molar-refractivity contribution >= 4 is 39.4 Å². The van der Waals surface area contributed by atoms with Crippen LogP contribution in [0.25, 0.3) is 0 Å². The number of ether oxygens (including phenoxy) is 2. The molecule has 3 aliphatic heterocycles. The minimum Gasteiger partial charge on any atom is -0.465 e. The minimum atomic E-state index is -1.16. The van der Waals surface area contributed by atoms with Crippen LogP contribution < -0.4 is 4.90 Å². The quantitative estimate of drug-likeness (QED) is 0.174. The van der Waals surface area contributed by atoms with Crippen molar-refractivity contribution in [2.45, 2.75) is 62.1 Å². The largest absolute Gasteiger partial charge is 0.465 e. The van der Waals surface area contributed by atoms with Gasteiger partial charge in [-0.1, -0.05) is 40.2 Å². The van der Waals surface area contributed by atoms with Gasteiger partial charge < -0.3 is 24.4 Å². The maximum absolute atomic E-state index is 14.5. The summed E-state index contributed by atoms with van der Waals surface area (Å²) in [6, 6.07) is 4.99. The highest BCUT2D eigenvalue weighted by Gasteiger charge is 2.77. The van der Waals surface area contributed by atoms with Gasteiger partial charge >= 0.3 is 5.97 Å².